The van der Waals surface area contributed by atoms with E-state index in [2.05, 4.69) is 44.1 Å². The summed E-state index contributed by atoms with van der Waals surface area (Å²) >= 11 is 0. The summed E-state index contributed by atoms with van der Waals surface area (Å²) in [5, 5.41) is 18.6. The van der Waals surface area contributed by atoms with Crippen LogP contribution in [0.5, 0.6) is 0 Å². The second kappa shape index (κ2) is 10.8. The number of nitrogens with one attached hydrogen (secondary N) is 3. The minimum atomic E-state index is -1.10. The van der Waals surface area contributed by atoms with E-state index in [0.29, 0.717) is 23.0 Å². The van der Waals surface area contributed by atoms with Crippen molar-refractivity contribution >= 4 is 34.8 Å². The van der Waals surface area contributed by atoms with Gasteiger partial charge in [-0.05, 0) is 54.4 Å². The number of benzene rings is 2. The van der Waals surface area contributed by atoms with Gasteiger partial charge in [-0.3, -0.25) is 9.78 Å². The molecule has 5 rings (SSSR count). The van der Waals surface area contributed by atoms with Gasteiger partial charge in [0, 0.05) is 41.8 Å². The number of nitrogens with zero attached hydrogens (tertiary/aromatic N) is 3. The minimum Gasteiger partial charge on any atom is -0.478 e. The predicted molar refractivity (Wildman–Crippen MR) is 142 cm³/mol. The van der Waals surface area contributed by atoms with Gasteiger partial charge in [0.25, 0.3) is 5.91 Å². The molecule has 1 amide bonds. The van der Waals surface area contributed by atoms with Crippen molar-refractivity contribution in [1.29, 1.82) is 0 Å². The highest BCUT2D eigenvalue weighted by Gasteiger charge is 2.14. The number of carbonyl (C=O) groups excluding carboxylic acids is 1. The fraction of sp³-hybridized carbons (Fsp3) is 0.107. The first-order chi connectivity index (χ1) is 18.0. The average Bonchev–Trinajstić information content (AvgIpc) is 2.94. The van der Waals surface area contributed by atoms with Crippen molar-refractivity contribution in [2.75, 3.05) is 23.7 Å². The number of anilines is 3. The lowest BCUT2D eigenvalue weighted by Gasteiger charge is -2.16. The summed E-state index contributed by atoms with van der Waals surface area (Å²) in [5.74, 6) is -0.550. The van der Waals surface area contributed by atoms with Crippen LogP contribution in [-0.2, 0) is 0 Å². The van der Waals surface area contributed by atoms with Crippen molar-refractivity contribution in [1.82, 2.24) is 20.3 Å². The molecular weight excluding hydrogens is 468 g/mol. The van der Waals surface area contributed by atoms with Gasteiger partial charge in [-0.1, -0.05) is 30.3 Å². The van der Waals surface area contributed by atoms with Gasteiger partial charge in [-0.2, -0.15) is 0 Å². The number of amides is 1. The summed E-state index contributed by atoms with van der Waals surface area (Å²) in [6.07, 6.45) is 7.86. The zero-order chi connectivity index (χ0) is 25.6. The van der Waals surface area contributed by atoms with E-state index in [4.69, 9.17) is 4.98 Å². The van der Waals surface area contributed by atoms with E-state index >= 15 is 0 Å². The predicted octanol–water partition coefficient (Wildman–Crippen LogP) is 4.61. The van der Waals surface area contributed by atoms with Crippen molar-refractivity contribution in [3.05, 3.63) is 102 Å². The maximum Gasteiger partial charge on any atom is 0.335 e. The zero-order valence-corrected chi connectivity index (χ0v) is 19.8. The van der Waals surface area contributed by atoms with Gasteiger partial charge in [0.2, 0.25) is 0 Å². The third kappa shape index (κ3) is 5.85. The third-order valence-electron chi connectivity index (χ3n) is 5.87. The molecule has 0 spiro atoms. The number of carboxylic acids is 1. The highest BCUT2D eigenvalue weighted by Crippen LogP contribution is 2.29. The van der Waals surface area contributed by atoms with Crippen molar-refractivity contribution in [3.63, 3.8) is 0 Å². The van der Waals surface area contributed by atoms with Crippen molar-refractivity contribution in [2.24, 2.45) is 0 Å². The molecule has 0 radical (unpaired) electrons. The number of aromatic nitrogens is 3. The summed E-state index contributed by atoms with van der Waals surface area (Å²) in [6.45, 7) is 1.78. The molecule has 4 aromatic rings. The number of aromatic carboxylic acids is 1. The number of carboxylic acid groups (broad SMARTS) is 1. The molecule has 4 N–H and O–H groups in total. The minimum absolute atomic E-state index is 0.0390. The second-order valence-electron chi connectivity index (χ2n) is 8.45. The van der Waals surface area contributed by atoms with Gasteiger partial charge in [-0.15, -0.1) is 0 Å². The van der Waals surface area contributed by atoms with Crippen LogP contribution < -0.4 is 16.0 Å². The van der Waals surface area contributed by atoms with Gasteiger partial charge < -0.3 is 21.1 Å². The molecule has 0 fully saturated rings. The number of hydrogen-bond acceptors (Lipinski definition) is 7. The Morgan fingerprint density at radius 2 is 1.76 bits per heavy atom. The first-order valence-electron chi connectivity index (χ1n) is 11.8. The fourth-order valence-electron chi connectivity index (χ4n) is 4.07. The standard InChI is InChI=1S/C28H24N6O3/c35-27(21-5-2-6-22(14-21)28(36)37)32-23-15-24(33-25(16-23)34-26-17-30-11-12-31-26)20-4-1-3-19(13-20)18-7-9-29-10-8-18/h1-7,11-17,29H,8-10H2,(H,36,37)(H2,31,32,33,34,35). The van der Waals surface area contributed by atoms with Crippen LogP contribution in [0.1, 0.15) is 32.7 Å². The topological polar surface area (TPSA) is 129 Å². The molecule has 9 nitrogen and oxygen atoms in total. The quantitative estimate of drug-likeness (QED) is 0.294. The smallest absolute Gasteiger partial charge is 0.335 e. The highest BCUT2D eigenvalue weighted by molar-refractivity contribution is 6.06. The molecule has 0 bridgehead atoms. The highest BCUT2D eigenvalue weighted by atomic mass is 16.4. The molecule has 3 heterocycles. The summed E-state index contributed by atoms with van der Waals surface area (Å²) in [7, 11) is 0. The van der Waals surface area contributed by atoms with E-state index in [-0.39, 0.29) is 11.1 Å². The fourth-order valence-corrected chi connectivity index (χ4v) is 4.07. The van der Waals surface area contributed by atoms with Gasteiger partial charge in [-0.25, -0.2) is 14.8 Å². The van der Waals surface area contributed by atoms with Crippen molar-refractivity contribution < 1.29 is 14.7 Å². The van der Waals surface area contributed by atoms with Gasteiger partial charge >= 0.3 is 5.97 Å². The Kier molecular flexibility index (Phi) is 6.95. The van der Waals surface area contributed by atoms with Crippen LogP contribution in [0.3, 0.4) is 0 Å². The first kappa shape index (κ1) is 23.8. The molecule has 0 saturated carbocycles. The summed E-state index contributed by atoms with van der Waals surface area (Å²) in [5.41, 5.74) is 4.72. The maximum atomic E-state index is 13.0. The summed E-state index contributed by atoms with van der Waals surface area (Å²) in [4.78, 5) is 37.4. The third-order valence-corrected chi connectivity index (χ3v) is 5.87. The van der Waals surface area contributed by atoms with Crippen LogP contribution >= 0.6 is 0 Å². The summed E-state index contributed by atoms with van der Waals surface area (Å²) in [6, 6.07) is 17.5. The van der Waals surface area contributed by atoms with E-state index in [1.54, 1.807) is 42.9 Å². The lowest BCUT2D eigenvalue weighted by Crippen LogP contribution is -2.20. The molecule has 0 unspecified atom stereocenters. The molecule has 0 aliphatic carbocycles. The number of hydrogen-bond donors (Lipinski definition) is 4. The van der Waals surface area contributed by atoms with E-state index in [1.165, 1.54) is 17.7 Å². The van der Waals surface area contributed by atoms with E-state index in [9.17, 15) is 14.7 Å². The Bertz CT molecular complexity index is 1490. The molecule has 2 aromatic heterocycles. The van der Waals surface area contributed by atoms with Crippen molar-refractivity contribution in [2.45, 2.75) is 6.42 Å². The molecule has 9 heteroatoms. The SMILES string of the molecule is O=C(O)c1cccc(C(=O)Nc2cc(Nc3cnccn3)nc(-c3cccc(C4=CCNCC4)c3)c2)c1. The average molecular weight is 493 g/mol. The largest absolute Gasteiger partial charge is 0.478 e. The molecule has 37 heavy (non-hydrogen) atoms. The molecule has 2 aromatic carbocycles. The van der Waals surface area contributed by atoms with Crippen molar-refractivity contribution in [3.8, 4) is 11.3 Å². The lowest BCUT2D eigenvalue weighted by molar-refractivity contribution is 0.0697. The van der Waals surface area contributed by atoms with E-state index in [1.807, 2.05) is 12.1 Å². The lowest BCUT2D eigenvalue weighted by atomic mass is 9.97. The molecule has 1 aliphatic rings. The molecule has 1 aliphatic heterocycles. The summed E-state index contributed by atoms with van der Waals surface area (Å²) < 4.78 is 0. The van der Waals surface area contributed by atoms with Crippen LogP contribution in [0.2, 0.25) is 0 Å². The second-order valence-corrected chi connectivity index (χ2v) is 8.45. The van der Waals surface area contributed by atoms with E-state index in [0.717, 1.165) is 30.6 Å². The van der Waals surface area contributed by atoms with Crippen LogP contribution in [0, 0.1) is 0 Å². The number of rotatable bonds is 7. The maximum absolute atomic E-state index is 13.0. The monoisotopic (exact) mass is 492 g/mol. The van der Waals surface area contributed by atoms with Gasteiger partial charge in [0.05, 0.1) is 17.5 Å². The molecule has 0 saturated heterocycles. The molecule has 0 atom stereocenters. The Morgan fingerprint density at radius 1 is 0.919 bits per heavy atom. The van der Waals surface area contributed by atoms with Crippen LogP contribution in [0.15, 0.2) is 85.3 Å². The van der Waals surface area contributed by atoms with E-state index < -0.39 is 11.9 Å². The van der Waals surface area contributed by atoms with Crippen LogP contribution in [-0.4, -0.2) is 45.0 Å². The Morgan fingerprint density at radius 3 is 2.54 bits per heavy atom. The number of carbonyl (C=O) groups is 2. The van der Waals surface area contributed by atoms with Crippen LogP contribution in [0.4, 0.5) is 17.3 Å². The normalized spacial score (nSPS) is 12.9. The Hall–Kier alpha value is -4.89. The Balaban J connectivity index is 1.50. The number of pyridine rings is 1. The molecular formula is C28H24N6O3. The van der Waals surface area contributed by atoms with Crippen LogP contribution in [0.25, 0.3) is 16.8 Å². The molecule has 184 valence electrons. The zero-order valence-electron chi connectivity index (χ0n) is 19.8. The van der Waals surface area contributed by atoms with Gasteiger partial charge in [0.1, 0.15) is 11.6 Å². The first-order valence-corrected chi connectivity index (χ1v) is 11.8. The Labute approximate surface area is 213 Å². The van der Waals surface area contributed by atoms with Gasteiger partial charge in [0.15, 0.2) is 0 Å².